The Labute approximate surface area is 99.6 Å². The molecule has 0 aromatic carbocycles. The van der Waals surface area contributed by atoms with Crippen LogP contribution < -0.4 is 0 Å². The van der Waals surface area contributed by atoms with Gasteiger partial charge in [0.2, 0.25) is 0 Å². The number of halogens is 3. The summed E-state index contributed by atoms with van der Waals surface area (Å²) in [6.45, 7) is 7.00. The molecule has 0 aliphatic carbocycles. The van der Waals surface area contributed by atoms with E-state index in [1.54, 1.807) is 20.8 Å². The molecule has 0 aliphatic heterocycles. The van der Waals surface area contributed by atoms with Crippen LogP contribution in [0.4, 0.5) is 13.2 Å². The zero-order valence-electron chi connectivity index (χ0n) is 10.9. The Morgan fingerprint density at radius 1 is 0.941 bits per heavy atom. The van der Waals surface area contributed by atoms with Crippen LogP contribution in [0.25, 0.3) is 0 Å². The van der Waals surface area contributed by atoms with Gasteiger partial charge in [-0.1, -0.05) is 20.8 Å². The molecule has 0 aromatic rings. The van der Waals surface area contributed by atoms with Crippen LogP contribution in [0.15, 0.2) is 0 Å². The molecule has 0 spiro atoms. The normalized spacial score (nSPS) is 13.6. The van der Waals surface area contributed by atoms with Gasteiger partial charge in [-0.25, -0.2) is 0 Å². The van der Waals surface area contributed by atoms with E-state index in [1.807, 2.05) is 0 Å². The van der Waals surface area contributed by atoms with E-state index in [9.17, 15) is 22.8 Å². The van der Waals surface area contributed by atoms with Gasteiger partial charge in [0, 0.05) is 6.42 Å². The maximum atomic E-state index is 12.5. The van der Waals surface area contributed by atoms with Crippen LogP contribution in [0.1, 0.15) is 47.5 Å². The van der Waals surface area contributed by atoms with Crippen molar-refractivity contribution in [1.29, 1.82) is 0 Å². The zero-order valence-corrected chi connectivity index (χ0v) is 10.9. The number of Topliss-reactive ketones (excluding diaryl/α,β-unsaturated/α-hetero) is 2. The van der Waals surface area contributed by atoms with Gasteiger partial charge < -0.3 is 0 Å². The standard InChI is InChI=1S/C12H19F3O2/c1-10(2,3)7-8(16)6-9(17)11(4,5)12(13,14)15/h6-7H2,1-5H3. The van der Waals surface area contributed by atoms with Crippen LogP contribution in [0.2, 0.25) is 0 Å². The van der Waals surface area contributed by atoms with Gasteiger partial charge in [0.1, 0.15) is 11.2 Å². The zero-order chi connectivity index (χ0) is 14.1. The molecule has 0 amide bonds. The lowest BCUT2D eigenvalue weighted by atomic mass is 9.82. The van der Waals surface area contributed by atoms with Gasteiger partial charge in [-0.15, -0.1) is 0 Å². The van der Waals surface area contributed by atoms with Crippen molar-refractivity contribution in [3.05, 3.63) is 0 Å². The Kier molecular flexibility index (Phi) is 4.54. The van der Waals surface area contributed by atoms with Crippen molar-refractivity contribution in [3.8, 4) is 0 Å². The SMILES string of the molecule is CC(C)(C)CC(=O)CC(=O)C(C)(C)C(F)(F)F. The summed E-state index contributed by atoms with van der Waals surface area (Å²) in [7, 11) is 0. The molecule has 0 heterocycles. The van der Waals surface area contributed by atoms with Crippen LogP contribution in [0, 0.1) is 10.8 Å². The van der Waals surface area contributed by atoms with E-state index in [2.05, 4.69) is 0 Å². The number of alkyl halides is 3. The number of ketones is 2. The number of rotatable bonds is 4. The summed E-state index contributed by atoms with van der Waals surface area (Å²) < 4.78 is 37.6. The van der Waals surface area contributed by atoms with Gasteiger partial charge in [0.25, 0.3) is 0 Å². The smallest absolute Gasteiger partial charge is 0.299 e. The molecule has 0 fully saturated rings. The van der Waals surface area contributed by atoms with Crippen molar-refractivity contribution < 1.29 is 22.8 Å². The van der Waals surface area contributed by atoms with E-state index in [0.717, 1.165) is 13.8 Å². The molecule has 0 saturated carbocycles. The molecular weight excluding hydrogens is 233 g/mol. The molecule has 2 nitrogen and oxygen atoms in total. The Bertz CT molecular complexity index is 309. The highest BCUT2D eigenvalue weighted by Gasteiger charge is 2.52. The third-order valence-corrected chi connectivity index (χ3v) is 2.49. The van der Waals surface area contributed by atoms with Gasteiger partial charge in [0.05, 0.1) is 6.42 Å². The highest BCUT2D eigenvalue weighted by atomic mass is 19.4. The van der Waals surface area contributed by atoms with Crippen molar-refractivity contribution in [2.75, 3.05) is 0 Å². The fourth-order valence-corrected chi connectivity index (χ4v) is 1.21. The second kappa shape index (κ2) is 4.78. The molecule has 0 unspecified atom stereocenters. The maximum Gasteiger partial charge on any atom is 0.400 e. The maximum absolute atomic E-state index is 12.5. The van der Waals surface area contributed by atoms with E-state index < -0.39 is 29.6 Å². The van der Waals surface area contributed by atoms with Crippen LogP contribution in [-0.4, -0.2) is 17.7 Å². The van der Waals surface area contributed by atoms with Gasteiger partial charge in [-0.3, -0.25) is 9.59 Å². The highest BCUT2D eigenvalue weighted by molar-refractivity contribution is 6.01. The second-order valence-corrected chi connectivity index (χ2v) is 6.00. The fraction of sp³-hybridized carbons (Fsp3) is 0.833. The molecule has 17 heavy (non-hydrogen) atoms. The summed E-state index contributed by atoms with van der Waals surface area (Å²) in [6.07, 6.45) is -5.16. The minimum Gasteiger partial charge on any atom is -0.299 e. The second-order valence-electron chi connectivity index (χ2n) is 6.00. The molecule has 0 bridgehead atoms. The minimum absolute atomic E-state index is 0.104. The monoisotopic (exact) mass is 252 g/mol. The quantitative estimate of drug-likeness (QED) is 0.717. The molecule has 100 valence electrons. The molecular formula is C12H19F3O2. The van der Waals surface area contributed by atoms with Crippen LogP contribution in [0.3, 0.4) is 0 Å². The topological polar surface area (TPSA) is 34.1 Å². The van der Waals surface area contributed by atoms with E-state index in [0.29, 0.717) is 0 Å². The van der Waals surface area contributed by atoms with Crippen molar-refractivity contribution in [3.63, 3.8) is 0 Å². The van der Waals surface area contributed by atoms with E-state index in [4.69, 9.17) is 0 Å². The highest BCUT2D eigenvalue weighted by Crippen LogP contribution is 2.39. The van der Waals surface area contributed by atoms with E-state index in [-0.39, 0.29) is 11.8 Å². The molecule has 0 saturated heterocycles. The minimum atomic E-state index is -4.62. The number of carbonyl (C=O) groups excluding carboxylic acids is 2. The summed E-state index contributed by atoms with van der Waals surface area (Å²) in [6, 6.07) is 0. The average Bonchev–Trinajstić information content (AvgIpc) is 1.97. The third kappa shape index (κ3) is 4.88. The van der Waals surface area contributed by atoms with Crippen molar-refractivity contribution in [1.82, 2.24) is 0 Å². The first-order chi connectivity index (χ1) is 7.27. The summed E-state index contributed by atoms with van der Waals surface area (Å²) >= 11 is 0. The fourth-order valence-electron chi connectivity index (χ4n) is 1.21. The number of hydrogen-bond acceptors (Lipinski definition) is 2. The lowest BCUT2D eigenvalue weighted by molar-refractivity contribution is -0.210. The van der Waals surface area contributed by atoms with E-state index in [1.165, 1.54) is 0 Å². The summed E-state index contributed by atoms with van der Waals surface area (Å²) in [5, 5.41) is 0. The molecule has 5 heteroatoms. The van der Waals surface area contributed by atoms with Crippen LogP contribution >= 0.6 is 0 Å². The lowest BCUT2D eigenvalue weighted by Crippen LogP contribution is -2.40. The van der Waals surface area contributed by atoms with Crippen LogP contribution in [-0.2, 0) is 9.59 Å². The van der Waals surface area contributed by atoms with Gasteiger partial charge in [-0.2, -0.15) is 13.2 Å². The predicted molar refractivity (Wildman–Crippen MR) is 58.5 cm³/mol. The third-order valence-electron chi connectivity index (χ3n) is 2.49. The molecule has 0 atom stereocenters. The molecule has 0 aromatic heterocycles. The van der Waals surface area contributed by atoms with Gasteiger partial charge >= 0.3 is 6.18 Å². The predicted octanol–water partition coefficient (Wildman–Crippen LogP) is 3.54. The Morgan fingerprint density at radius 3 is 1.65 bits per heavy atom. The first-order valence-electron chi connectivity index (χ1n) is 5.39. The molecule has 0 rings (SSSR count). The number of carbonyl (C=O) groups is 2. The Balaban J connectivity index is 4.62. The molecule has 0 N–H and O–H groups in total. The number of hydrogen-bond donors (Lipinski definition) is 0. The van der Waals surface area contributed by atoms with Crippen molar-refractivity contribution in [2.45, 2.75) is 53.6 Å². The first kappa shape index (κ1) is 16.1. The van der Waals surface area contributed by atoms with Crippen molar-refractivity contribution in [2.24, 2.45) is 10.8 Å². The van der Waals surface area contributed by atoms with Crippen molar-refractivity contribution >= 4 is 11.6 Å². The average molecular weight is 252 g/mol. The summed E-state index contributed by atoms with van der Waals surface area (Å²) in [4.78, 5) is 22.9. The van der Waals surface area contributed by atoms with E-state index >= 15 is 0 Å². The summed E-state index contributed by atoms with van der Waals surface area (Å²) in [5.74, 6) is -1.51. The van der Waals surface area contributed by atoms with Gasteiger partial charge in [-0.05, 0) is 19.3 Å². The Morgan fingerprint density at radius 2 is 1.35 bits per heavy atom. The summed E-state index contributed by atoms with van der Waals surface area (Å²) in [5.41, 5.74) is -2.78. The Hall–Kier alpha value is -0.870. The van der Waals surface area contributed by atoms with Crippen LogP contribution in [0.5, 0.6) is 0 Å². The first-order valence-corrected chi connectivity index (χ1v) is 5.39. The molecule has 0 radical (unpaired) electrons. The lowest BCUT2D eigenvalue weighted by Gasteiger charge is -2.26. The van der Waals surface area contributed by atoms with Gasteiger partial charge in [0.15, 0.2) is 5.78 Å². The molecule has 0 aliphatic rings. The largest absolute Gasteiger partial charge is 0.400 e.